The number of carbonyl (C=O) groups is 1. The molecule has 1 aromatic rings. The van der Waals surface area contributed by atoms with E-state index < -0.39 is 0 Å². The molecule has 0 radical (unpaired) electrons. The third-order valence-corrected chi connectivity index (χ3v) is 3.01. The van der Waals surface area contributed by atoms with Crippen LogP contribution in [0.1, 0.15) is 35.3 Å². The van der Waals surface area contributed by atoms with Gasteiger partial charge in [-0.1, -0.05) is 6.42 Å². The van der Waals surface area contributed by atoms with Crippen LogP contribution in [-0.2, 0) is 11.3 Å². The summed E-state index contributed by atoms with van der Waals surface area (Å²) in [5.41, 5.74) is 1.69. The molecule has 1 saturated heterocycles. The van der Waals surface area contributed by atoms with Crippen LogP contribution in [0, 0.1) is 0 Å². The zero-order chi connectivity index (χ0) is 11.4. The molecule has 1 N–H and O–H groups in total. The van der Waals surface area contributed by atoms with Gasteiger partial charge in [-0.3, -0.25) is 4.90 Å². The Bertz CT molecular complexity index is 354. The van der Waals surface area contributed by atoms with Crippen LogP contribution < -0.4 is 0 Å². The van der Waals surface area contributed by atoms with Crippen molar-refractivity contribution < 1.29 is 9.53 Å². The van der Waals surface area contributed by atoms with E-state index in [1.54, 1.807) is 6.20 Å². The minimum absolute atomic E-state index is 0.277. The van der Waals surface area contributed by atoms with Gasteiger partial charge in [-0.25, -0.2) is 4.79 Å². The second kappa shape index (κ2) is 5.16. The molecule has 0 spiro atoms. The number of hydrogen-bond acceptors (Lipinski definition) is 3. The lowest BCUT2D eigenvalue weighted by atomic mass is 10.1. The monoisotopic (exact) mass is 222 g/mol. The highest BCUT2D eigenvalue weighted by atomic mass is 16.5. The number of ether oxygens (including phenoxy) is 1. The maximum absolute atomic E-state index is 11.3. The molecule has 0 unspecified atom stereocenters. The Labute approximate surface area is 95.6 Å². The highest BCUT2D eigenvalue weighted by Crippen LogP contribution is 2.13. The Morgan fingerprint density at radius 2 is 2.19 bits per heavy atom. The Morgan fingerprint density at radius 3 is 2.88 bits per heavy atom. The maximum atomic E-state index is 11.3. The van der Waals surface area contributed by atoms with Crippen molar-refractivity contribution in [2.75, 3.05) is 20.2 Å². The highest BCUT2D eigenvalue weighted by Gasteiger charge is 2.13. The lowest BCUT2D eigenvalue weighted by molar-refractivity contribution is 0.0601. The van der Waals surface area contributed by atoms with E-state index >= 15 is 0 Å². The molecule has 4 heteroatoms. The first kappa shape index (κ1) is 11.2. The van der Waals surface area contributed by atoms with Gasteiger partial charge in [0.2, 0.25) is 0 Å². The van der Waals surface area contributed by atoms with E-state index in [-0.39, 0.29) is 5.97 Å². The van der Waals surface area contributed by atoms with E-state index in [9.17, 15) is 4.79 Å². The quantitative estimate of drug-likeness (QED) is 0.793. The molecule has 2 heterocycles. The van der Waals surface area contributed by atoms with Crippen molar-refractivity contribution >= 4 is 5.97 Å². The molecule has 88 valence electrons. The fourth-order valence-electron chi connectivity index (χ4n) is 2.13. The average Bonchev–Trinajstić information content (AvgIpc) is 2.78. The number of methoxy groups -OCH3 is 1. The molecule has 2 rings (SSSR count). The molecular formula is C12H18N2O2. The second-order valence-electron chi connectivity index (χ2n) is 4.24. The van der Waals surface area contributed by atoms with Gasteiger partial charge in [0.15, 0.2) is 0 Å². The standard InChI is InChI=1S/C12H18N2O2/c1-16-12(15)10-7-11(13-8-10)9-14-5-3-2-4-6-14/h7-8,13H,2-6,9H2,1H3. The van der Waals surface area contributed by atoms with E-state index in [0.717, 1.165) is 25.3 Å². The molecule has 0 atom stereocenters. The number of aromatic amines is 1. The van der Waals surface area contributed by atoms with Gasteiger partial charge in [-0.05, 0) is 32.0 Å². The molecule has 1 aliphatic rings. The van der Waals surface area contributed by atoms with Crippen molar-refractivity contribution in [3.63, 3.8) is 0 Å². The Hall–Kier alpha value is -1.29. The summed E-state index contributed by atoms with van der Waals surface area (Å²) < 4.78 is 4.67. The van der Waals surface area contributed by atoms with Crippen LogP contribution in [0.3, 0.4) is 0 Å². The number of hydrogen-bond donors (Lipinski definition) is 1. The molecule has 1 aromatic heterocycles. The molecule has 1 fully saturated rings. The number of esters is 1. The van der Waals surface area contributed by atoms with Gasteiger partial charge in [-0.2, -0.15) is 0 Å². The molecule has 1 aliphatic heterocycles. The largest absolute Gasteiger partial charge is 0.465 e. The summed E-state index contributed by atoms with van der Waals surface area (Å²) in [7, 11) is 1.40. The van der Waals surface area contributed by atoms with Gasteiger partial charge in [-0.15, -0.1) is 0 Å². The van der Waals surface area contributed by atoms with Gasteiger partial charge in [0, 0.05) is 18.4 Å². The smallest absolute Gasteiger partial charge is 0.339 e. The zero-order valence-electron chi connectivity index (χ0n) is 9.66. The predicted molar refractivity (Wildman–Crippen MR) is 61.3 cm³/mol. The van der Waals surface area contributed by atoms with Crippen LogP contribution in [0.15, 0.2) is 12.3 Å². The van der Waals surface area contributed by atoms with E-state index in [4.69, 9.17) is 0 Å². The number of aromatic nitrogens is 1. The summed E-state index contributed by atoms with van der Waals surface area (Å²) in [6.07, 6.45) is 5.62. The minimum Gasteiger partial charge on any atom is -0.465 e. The first-order valence-corrected chi connectivity index (χ1v) is 5.77. The van der Waals surface area contributed by atoms with Crippen LogP contribution in [0.2, 0.25) is 0 Å². The Morgan fingerprint density at radius 1 is 1.44 bits per heavy atom. The molecule has 0 aromatic carbocycles. The maximum Gasteiger partial charge on any atom is 0.339 e. The van der Waals surface area contributed by atoms with Crippen molar-refractivity contribution in [2.24, 2.45) is 0 Å². The van der Waals surface area contributed by atoms with Gasteiger partial charge in [0.05, 0.1) is 12.7 Å². The third-order valence-electron chi connectivity index (χ3n) is 3.01. The summed E-state index contributed by atoms with van der Waals surface area (Å²) in [5, 5.41) is 0. The van der Waals surface area contributed by atoms with Crippen molar-refractivity contribution in [1.29, 1.82) is 0 Å². The number of likely N-dealkylation sites (tertiary alicyclic amines) is 1. The van der Waals surface area contributed by atoms with Gasteiger partial charge in [0.25, 0.3) is 0 Å². The summed E-state index contributed by atoms with van der Waals surface area (Å²) in [4.78, 5) is 16.8. The summed E-state index contributed by atoms with van der Waals surface area (Å²) >= 11 is 0. The topological polar surface area (TPSA) is 45.3 Å². The number of nitrogens with zero attached hydrogens (tertiary/aromatic N) is 1. The van der Waals surface area contributed by atoms with Gasteiger partial charge in [0.1, 0.15) is 0 Å². The van der Waals surface area contributed by atoms with Gasteiger partial charge >= 0.3 is 5.97 Å². The molecule has 4 nitrogen and oxygen atoms in total. The highest BCUT2D eigenvalue weighted by molar-refractivity contribution is 5.89. The average molecular weight is 222 g/mol. The minimum atomic E-state index is -0.277. The second-order valence-corrected chi connectivity index (χ2v) is 4.24. The zero-order valence-corrected chi connectivity index (χ0v) is 9.66. The van der Waals surface area contributed by atoms with Crippen LogP contribution in [0.25, 0.3) is 0 Å². The van der Waals surface area contributed by atoms with Crippen LogP contribution in [0.5, 0.6) is 0 Å². The molecule has 16 heavy (non-hydrogen) atoms. The first-order chi connectivity index (χ1) is 7.79. The number of piperidine rings is 1. The summed E-state index contributed by atoms with van der Waals surface area (Å²) in [5.74, 6) is -0.277. The van der Waals surface area contributed by atoms with E-state index in [0.29, 0.717) is 5.56 Å². The SMILES string of the molecule is COC(=O)c1c[nH]c(CN2CCCCC2)c1. The Balaban J connectivity index is 1.94. The van der Waals surface area contributed by atoms with Gasteiger partial charge < -0.3 is 9.72 Å². The fraction of sp³-hybridized carbons (Fsp3) is 0.583. The normalized spacial score (nSPS) is 17.3. The first-order valence-electron chi connectivity index (χ1n) is 5.77. The number of rotatable bonds is 3. The molecule has 0 aliphatic carbocycles. The lowest BCUT2D eigenvalue weighted by Crippen LogP contribution is -2.29. The van der Waals surface area contributed by atoms with E-state index in [1.807, 2.05) is 6.07 Å². The number of nitrogens with one attached hydrogen (secondary N) is 1. The van der Waals surface area contributed by atoms with Crippen LogP contribution >= 0.6 is 0 Å². The van der Waals surface area contributed by atoms with Crippen molar-refractivity contribution in [3.05, 3.63) is 23.5 Å². The van der Waals surface area contributed by atoms with Crippen LogP contribution in [0.4, 0.5) is 0 Å². The third kappa shape index (κ3) is 2.64. The van der Waals surface area contributed by atoms with Crippen LogP contribution in [-0.4, -0.2) is 36.1 Å². The predicted octanol–water partition coefficient (Wildman–Crippen LogP) is 1.79. The molecule has 0 bridgehead atoms. The molecule has 0 saturated carbocycles. The Kier molecular flexibility index (Phi) is 3.62. The summed E-state index contributed by atoms with van der Waals surface area (Å²) in [6.45, 7) is 3.22. The number of H-pyrrole nitrogens is 1. The molecule has 0 amide bonds. The molecular weight excluding hydrogens is 204 g/mol. The number of carbonyl (C=O) groups excluding carboxylic acids is 1. The lowest BCUT2D eigenvalue weighted by Gasteiger charge is -2.25. The van der Waals surface area contributed by atoms with Crippen molar-refractivity contribution in [3.8, 4) is 0 Å². The van der Waals surface area contributed by atoms with Crippen molar-refractivity contribution in [1.82, 2.24) is 9.88 Å². The van der Waals surface area contributed by atoms with Crippen molar-refractivity contribution in [2.45, 2.75) is 25.8 Å². The fourth-order valence-corrected chi connectivity index (χ4v) is 2.13. The summed E-state index contributed by atoms with van der Waals surface area (Å²) in [6, 6.07) is 1.88. The van der Waals surface area contributed by atoms with E-state index in [1.165, 1.54) is 26.4 Å². The van der Waals surface area contributed by atoms with E-state index in [2.05, 4.69) is 14.6 Å².